The molecular weight excluding hydrogens is 254 g/mol. The van der Waals surface area contributed by atoms with E-state index < -0.39 is 0 Å². The van der Waals surface area contributed by atoms with Gasteiger partial charge in [-0.25, -0.2) is 0 Å². The van der Waals surface area contributed by atoms with Gasteiger partial charge >= 0.3 is 5.97 Å². The van der Waals surface area contributed by atoms with Crippen molar-refractivity contribution in [3.8, 4) is 0 Å². The van der Waals surface area contributed by atoms with Crippen molar-refractivity contribution >= 4 is 22.7 Å². The van der Waals surface area contributed by atoms with Crippen molar-refractivity contribution in [1.82, 2.24) is 4.57 Å². The molecule has 0 aliphatic rings. The summed E-state index contributed by atoms with van der Waals surface area (Å²) in [6.07, 6.45) is 1.60. The predicted molar refractivity (Wildman–Crippen MR) is 77.9 cm³/mol. The average Bonchev–Trinajstić information content (AvgIpc) is 2.68. The maximum Gasteiger partial charge on any atom is 0.326 e. The molecule has 0 N–H and O–H groups in total. The molecule has 2 aromatic rings. The van der Waals surface area contributed by atoms with Crippen LogP contribution in [0.4, 0.5) is 0 Å². The van der Waals surface area contributed by atoms with Crippen LogP contribution in [-0.4, -0.2) is 22.4 Å². The fourth-order valence-electron chi connectivity index (χ4n) is 2.39. The van der Waals surface area contributed by atoms with Crippen molar-refractivity contribution < 1.29 is 14.3 Å². The van der Waals surface area contributed by atoms with Crippen molar-refractivity contribution in [2.75, 3.05) is 0 Å². The van der Waals surface area contributed by atoms with E-state index in [1.165, 1.54) is 6.92 Å². The summed E-state index contributed by atoms with van der Waals surface area (Å²) >= 11 is 0. The summed E-state index contributed by atoms with van der Waals surface area (Å²) in [5, 5.41) is 0.884. The van der Waals surface area contributed by atoms with E-state index in [4.69, 9.17) is 4.74 Å². The minimum atomic E-state index is -0.296. The van der Waals surface area contributed by atoms with Gasteiger partial charge < -0.3 is 9.30 Å². The zero-order valence-corrected chi connectivity index (χ0v) is 12.3. The van der Waals surface area contributed by atoms with E-state index in [9.17, 15) is 9.59 Å². The summed E-state index contributed by atoms with van der Waals surface area (Å²) in [5.41, 5.74) is 2.59. The van der Waals surface area contributed by atoms with E-state index in [1.54, 1.807) is 10.8 Å². The van der Waals surface area contributed by atoms with E-state index in [0.717, 1.165) is 16.5 Å². The highest BCUT2D eigenvalue weighted by Crippen LogP contribution is 2.25. The van der Waals surface area contributed by atoms with Gasteiger partial charge in [-0.3, -0.25) is 9.59 Å². The summed E-state index contributed by atoms with van der Waals surface area (Å²) in [5.74, 6) is -0.299. The molecule has 0 saturated carbocycles. The minimum Gasteiger partial charge on any atom is -0.462 e. The molecule has 0 aliphatic carbocycles. The molecule has 1 aromatic heterocycles. The molecule has 0 saturated heterocycles. The standard InChI is InChI=1S/C16H19NO3/c1-10(2)20-15(19)9-17-8-14(12(4)18)13-7-5-6-11(3)16(13)17/h5-8,10H,9H2,1-4H3. The fraction of sp³-hybridized carbons (Fsp3) is 0.375. The van der Waals surface area contributed by atoms with Crippen molar-refractivity contribution in [2.45, 2.75) is 40.3 Å². The molecule has 0 bridgehead atoms. The van der Waals surface area contributed by atoms with Crippen LogP contribution < -0.4 is 0 Å². The number of carbonyl (C=O) groups excluding carboxylic acids is 2. The van der Waals surface area contributed by atoms with E-state index in [2.05, 4.69) is 0 Å². The Hall–Kier alpha value is -2.10. The van der Waals surface area contributed by atoms with Crippen LogP contribution in [0.5, 0.6) is 0 Å². The Bertz CT molecular complexity index is 668. The Morgan fingerprint density at radius 3 is 2.60 bits per heavy atom. The molecule has 2 rings (SSSR count). The van der Waals surface area contributed by atoms with Crippen LogP contribution in [0.15, 0.2) is 24.4 Å². The third kappa shape index (κ3) is 2.74. The molecule has 0 unspecified atom stereocenters. The number of ether oxygens (including phenoxy) is 1. The molecule has 106 valence electrons. The molecule has 4 nitrogen and oxygen atoms in total. The number of carbonyl (C=O) groups is 2. The number of aromatic nitrogens is 1. The molecule has 4 heteroatoms. The monoisotopic (exact) mass is 273 g/mol. The SMILES string of the molecule is CC(=O)c1cn(CC(=O)OC(C)C)c2c(C)cccc12. The third-order valence-corrected chi connectivity index (χ3v) is 3.15. The lowest BCUT2D eigenvalue weighted by molar-refractivity contribution is -0.148. The second-order valence-electron chi connectivity index (χ2n) is 5.24. The molecule has 20 heavy (non-hydrogen) atoms. The van der Waals surface area contributed by atoms with Gasteiger partial charge in [0.05, 0.1) is 11.6 Å². The molecule has 0 amide bonds. The number of para-hydroxylation sites is 1. The molecule has 0 aliphatic heterocycles. The predicted octanol–water partition coefficient (Wildman–Crippen LogP) is 3.10. The number of ketones is 1. The number of aryl methyl sites for hydroxylation is 1. The van der Waals surface area contributed by atoms with Gasteiger partial charge in [0.1, 0.15) is 6.54 Å². The lowest BCUT2D eigenvalue weighted by atomic mass is 10.1. The number of fused-ring (bicyclic) bond motifs is 1. The molecule has 1 aromatic carbocycles. The first-order valence-electron chi connectivity index (χ1n) is 6.69. The van der Waals surface area contributed by atoms with Gasteiger partial charge in [0, 0.05) is 17.1 Å². The lowest BCUT2D eigenvalue weighted by Crippen LogP contribution is -2.17. The van der Waals surface area contributed by atoms with Gasteiger partial charge in [-0.1, -0.05) is 18.2 Å². The average molecular weight is 273 g/mol. The van der Waals surface area contributed by atoms with Crippen molar-refractivity contribution in [1.29, 1.82) is 0 Å². The quantitative estimate of drug-likeness (QED) is 0.635. The van der Waals surface area contributed by atoms with E-state index >= 15 is 0 Å². The van der Waals surface area contributed by atoms with Crippen LogP contribution >= 0.6 is 0 Å². The first-order valence-corrected chi connectivity index (χ1v) is 6.69. The Balaban J connectivity index is 2.48. The highest BCUT2D eigenvalue weighted by Gasteiger charge is 2.16. The number of hydrogen-bond donors (Lipinski definition) is 0. The summed E-state index contributed by atoms with van der Waals surface area (Å²) in [7, 11) is 0. The normalized spacial score (nSPS) is 11.1. The highest BCUT2D eigenvalue weighted by molar-refractivity contribution is 6.07. The first-order chi connectivity index (χ1) is 9.40. The number of esters is 1. The van der Waals surface area contributed by atoms with Crippen molar-refractivity contribution in [2.24, 2.45) is 0 Å². The lowest BCUT2D eigenvalue weighted by Gasteiger charge is -2.10. The number of rotatable bonds is 4. The Labute approximate surface area is 118 Å². The van der Waals surface area contributed by atoms with Gasteiger partial charge in [0.15, 0.2) is 5.78 Å². The first kappa shape index (κ1) is 14.3. The Kier molecular flexibility index (Phi) is 3.93. The molecule has 0 atom stereocenters. The van der Waals surface area contributed by atoms with Crippen LogP contribution in [0.1, 0.15) is 36.7 Å². The van der Waals surface area contributed by atoms with Crippen molar-refractivity contribution in [3.05, 3.63) is 35.5 Å². The number of nitrogens with zero attached hydrogens (tertiary/aromatic N) is 1. The summed E-state index contributed by atoms with van der Waals surface area (Å²) in [6.45, 7) is 7.26. The van der Waals surface area contributed by atoms with Gasteiger partial charge in [0.25, 0.3) is 0 Å². The van der Waals surface area contributed by atoms with Crippen LogP contribution in [0.3, 0.4) is 0 Å². The number of hydrogen-bond acceptors (Lipinski definition) is 3. The number of benzene rings is 1. The molecule has 0 radical (unpaired) electrons. The molecular formula is C16H19NO3. The topological polar surface area (TPSA) is 48.3 Å². The zero-order chi connectivity index (χ0) is 14.9. The van der Waals surface area contributed by atoms with Crippen molar-refractivity contribution in [3.63, 3.8) is 0 Å². The minimum absolute atomic E-state index is 0.00317. The van der Waals surface area contributed by atoms with Crippen LogP contribution in [0, 0.1) is 6.92 Å². The van der Waals surface area contributed by atoms with E-state index in [0.29, 0.717) is 5.56 Å². The van der Waals surface area contributed by atoms with Gasteiger partial charge in [-0.2, -0.15) is 0 Å². The zero-order valence-electron chi connectivity index (χ0n) is 12.3. The largest absolute Gasteiger partial charge is 0.462 e. The summed E-state index contributed by atoms with van der Waals surface area (Å²) in [4.78, 5) is 23.5. The third-order valence-electron chi connectivity index (χ3n) is 3.15. The smallest absolute Gasteiger partial charge is 0.326 e. The molecule has 0 fully saturated rings. The van der Waals surface area contributed by atoms with Gasteiger partial charge in [-0.15, -0.1) is 0 Å². The van der Waals surface area contributed by atoms with Gasteiger partial charge in [0.2, 0.25) is 0 Å². The van der Waals surface area contributed by atoms with Gasteiger partial charge in [-0.05, 0) is 33.3 Å². The fourth-order valence-corrected chi connectivity index (χ4v) is 2.39. The van der Waals surface area contributed by atoms with E-state index in [-0.39, 0.29) is 24.4 Å². The Morgan fingerprint density at radius 1 is 1.30 bits per heavy atom. The van der Waals surface area contributed by atoms with Crippen LogP contribution in [-0.2, 0) is 16.1 Å². The second-order valence-corrected chi connectivity index (χ2v) is 5.24. The molecule has 1 heterocycles. The maximum absolute atomic E-state index is 11.8. The van der Waals surface area contributed by atoms with Crippen LogP contribution in [0.25, 0.3) is 10.9 Å². The molecule has 0 spiro atoms. The summed E-state index contributed by atoms with van der Waals surface area (Å²) < 4.78 is 6.97. The maximum atomic E-state index is 11.8. The van der Waals surface area contributed by atoms with Crippen LogP contribution in [0.2, 0.25) is 0 Å². The number of Topliss-reactive ketones (excluding diaryl/α,β-unsaturated/α-hetero) is 1. The second kappa shape index (κ2) is 5.49. The highest BCUT2D eigenvalue weighted by atomic mass is 16.5. The van der Waals surface area contributed by atoms with E-state index in [1.807, 2.05) is 39.0 Å². The summed E-state index contributed by atoms with van der Waals surface area (Å²) in [6, 6.07) is 5.79. The Morgan fingerprint density at radius 2 is 2.00 bits per heavy atom.